The molecule has 0 spiro atoms. The summed E-state index contributed by atoms with van der Waals surface area (Å²) >= 11 is 19.9. The fourth-order valence-electron chi connectivity index (χ4n) is 5.98. The number of rotatable bonds is 34. The zero-order valence-electron chi connectivity index (χ0n) is 32.1. The van der Waals surface area contributed by atoms with E-state index >= 15 is 0 Å². The first kappa shape index (κ1) is 52.5. The van der Waals surface area contributed by atoms with Crippen LogP contribution in [0.5, 0.6) is 0 Å². The molecule has 0 aromatic carbocycles. The maximum absolute atomic E-state index is 4.97. The van der Waals surface area contributed by atoms with Crippen molar-refractivity contribution in [1.29, 1.82) is 0 Å². The Morgan fingerprint density at radius 1 is 0.340 bits per heavy atom. The van der Waals surface area contributed by atoms with Gasteiger partial charge in [0.05, 0.1) is 0 Å². The molecule has 0 atom stereocenters. The Hall–Kier alpha value is 1.14. The number of unbranched alkanes of at least 4 members (excludes halogenated alkanes) is 30. The minimum atomic E-state index is 0. The van der Waals surface area contributed by atoms with Gasteiger partial charge in [0.2, 0.25) is 0 Å². The molecule has 278 valence electrons. The summed E-state index contributed by atoms with van der Waals surface area (Å²) in [4.78, 5) is 4.02. The van der Waals surface area contributed by atoms with Gasteiger partial charge in [0, 0.05) is 27.2 Å². The standard InChI is InChI=1S/2C20H41NS2.Pb/c2*1-3-4-5-6-7-8-9-10-11-12-13-14-15-16-17-18-19-21(2)20(22)23;/h2*3-19H2,1-2H3,(H,22,23);/q;;+2/p-2. The second kappa shape index (κ2) is 45.2. The van der Waals surface area contributed by atoms with E-state index in [1.54, 1.807) is 0 Å². The summed E-state index contributed by atoms with van der Waals surface area (Å²) < 4.78 is 1.21. The van der Waals surface area contributed by atoms with Crippen molar-refractivity contribution >= 4 is 85.6 Å². The molecule has 0 saturated carbocycles. The van der Waals surface area contributed by atoms with Gasteiger partial charge in [0.25, 0.3) is 0 Å². The number of nitrogens with zero attached hydrogens (tertiary/aromatic N) is 2. The van der Waals surface area contributed by atoms with E-state index in [1.807, 2.05) is 23.9 Å². The monoisotopic (exact) mass is 924 g/mol. The molecule has 0 unspecified atom stereocenters. The van der Waals surface area contributed by atoms with Gasteiger partial charge in [-0.05, 0) is 12.8 Å². The average Bonchev–Trinajstić information content (AvgIpc) is 3.04. The van der Waals surface area contributed by atoms with E-state index in [-0.39, 0.29) is 27.3 Å². The smallest absolute Gasteiger partial charge is 0.411 e. The Morgan fingerprint density at radius 2 is 0.489 bits per heavy atom. The Bertz CT molecular complexity index is 571. The van der Waals surface area contributed by atoms with Gasteiger partial charge in [-0.1, -0.05) is 215 Å². The van der Waals surface area contributed by atoms with Crippen LogP contribution in [-0.4, -0.2) is 72.9 Å². The van der Waals surface area contributed by atoms with Gasteiger partial charge in [-0.25, -0.2) is 0 Å². The molecule has 2 radical (unpaired) electrons. The Labute approximate surface area is 339 Å². The number of thiocarbonyl (C=S) groups is 2. The van der Waals surface area contributed by atoms with Crippen LogP contribution < -0.4 is 0 Å². The van der Waals surface area contributed by atoms with Gasteiger partial charge in [-0.3, -0.25) is 0 Å². The summed E-state index contributed by atoms with van der Waals surface area (Å²) in [6.45, 7) is 6.63. The molecule has 0 amide bonds. The minimum absolute atomic E-state index is 0. The number of hydrogen-bond acceptors (Lipinski definition) is 4. The Balaban J connectivity index is -0.000000807. The third-order valence-corrected chi connectivity index (χ3v) is 10.6. The van der Waals surface area contributed by atoms with Gasteiger partial charge >= 0.3 is 27.3 Å². The third kappa shape index (κ3) is 47.1. The van der Waals surface area contributed by atoms with Crippen LogP contribution in [-0.2, 0) is 25.3 Å². The van der Waals surface area contributed by atoms with Crippen LogP contribution in [0.15, 0.2) is 0 Å². The first-order chi connectivity index (χ1) is 22.4. The molecule has 0 N–H and O–H groups in total. The second-order valence-electron chi connectivity index (χ2n) is 14.0. The first-order valence-electron chi connectivity index (χ1n) is 20.2. The van der Waals surface area contributed by atoms with E-state index in [0.29, 0.717) is 8.64 Å². The van der Waals surface area contributed by atoms with E-state index in [1.165, 1.54) is 205 Å². The zero-order chi connectivity index (χ0) is 34.4. The Morgan fingerprint density at radius 3 is 0.638 bits per heavy atom. The molecular formula is C40H80N2PbS4. The summed E-state index contributed by atoms with van der Waals surface area (Å²) in [7, 11) is 4.00. The van der Waals surface area contributed by atoms with E-state index in [2.05, 4.69) is 13.8 Å². The molecule has 7 heteroatoms. The van der Waals surface area contributed by atoms with Crippen molar-refractivity contribution in [3.05, 3.63) is 0 Å². The summed E-state index contributed by atoms with van der Waals surface area (Å²) in [6.07, 6.45) is 45.3. The normalized spacial score (nSPS) is 10.6. The van der Waals surface area contributed by atoms with Crippen molar-refractivity contribution in [2.75, 3.05) is 27.2 Å². The minimum Gasteiger partial charge on any atom is -0.411 e. The maximum atomic E-state index is 4.97. The van der Waals surface area contributed by atoms with Crippen molar-refractivity contribution in [2.24, 2.45) is 0 Å². The van der Waals surface area contributed by atoms with Gasteiger partial charge in [-0.15, -0.1) is 0 Å². The van der Waals surface area contributed by atoms with E-state index in [0.717, 1.165) is 13.1 Å². The van der Waals surface area contributed by atoms with Gasteiger partial charge < -0.3 is 59.5 Å². The first-order valence-corrected chi connectivity index (χ1v) is 21.8. The molecule has 0 fully saturated rings. The molecule has 0 rings (SSSR count). The van der Waals surface area contributed by atoms with Crippen LogP contribution in [0.4, 0.5) is 0 Å². The zero-order valence-corrected chi connectivity index (χ0v) is 39.2. The van der Waals surface area contributed by atoms with Crippen molar-refractivity contribution in [1.82, 2.24) is 9.80 Å². The van der Waals surface area contributed by atoms with E-state index in [9.17, 15) is 0 Å². The summed E-state index contributed by atoms with van der Waals surface area (Å²) in [5, 5.41) is 0. The van der Waals surface area contributed by atoms with Crippen LogP contribution in [0.3, 0.4) is 0 Å². The molecule has 0 aliphatic carbocycles. The van der Waals surface area contributed by atoms with Crippen LogP contribution in [0.25, 0.3) is 0 Å². The molecule has 0 aliphatic rings. The Kier molecular flexibility index (Phi) is 50.5. The molecular weight excluding hydrogens is 844 g/mol. The fourth-order valence-corrected chi connectivity index (χ4v) is 6.34. The quantitative estimate of drug-likeness (QED) is 0.0273. The number of hydrogen-bond donors (Lipinski definition) is 0. The van der Waals surface area contributed by atoms with Gasteiger partial charge in [0.15, 0.2) is 0 Å². The SMILES string of the molecule is CCCCCCCCCCCCCCCCCCN(C)C(=S)[S-].CCCCCCCCCCCCCCCCCCN(C)C(=S)[S-].[Pb+2]. The topological polar surface area (TPSA) is 6.48 Å². The van der Waals surface area contributed by atoms with Crippen LogP contribution in [0.1, 0.15) is 219 Å². The van der Waals surface area contributed by atoms with Crippen molar-refractivity contribution in [3.63, 3.8) is 0 Å². The molecule has 0 saturated heterocycles. The maximum Gasteiger partial charge on any atom is 2.00 e. The summed E-state index contributed by atoms with van der Waals surface area (Å²) in [5.74, 6) is 0. The molecule has 0 aromatic rings. The third-order valence-electron chi connectivity index (χ3n) is 9.32. The van der Waals surface area contributed by atoms with Crippen molar-refractivity contribution in [2.45, 2.75) is 219 Å². The summed E-state index contributed by atoms with van der Waals surface area (Å²) in [5.41, 5.74) is 0. The molecule has 47 heavy (non-hydrogen) atoms. The van der Waals surface area contributed by atoms with Crippen LogP contribution >= 0.6 is 24.4 Å². The predicted octanol–water partition coefficient (Wildman–Crippen LogP) is 13.6. The summed E-state index contributed by atoms with van der Waals surface area (Å²) in [6, 6.07) is 0. The molecule has 0 aliphatic heterocycles. The van der Waals surface area contributed by atoms with E-state index < -0.39 is 0 Å². The van der Waals surface area contributed by atoms with Crippen molar-refractivity contribution in [3.8, 4) is 0 Å². The van der Waals surface area contributed by atoms with Crippen LogP contribution in [0, 0.1) is 0 Å². The molecule has 0 bridgehead atoms. The average molecular weight is 925 g/mol. The predicted molar refractivity (Wildman–Crippen MR) is 230 cm³/mol. The fraction of sp³-hybridized carbons (Fsp3) is 0.950. The van der Waals surface area contributed by atoms with Crippen LogP contribution in [0.2, 0.25) is 0 Å². The van der Waals surface area contributed by atoms with Crippen molar-refractivity contribution < 1.29 is 0 Å². The second-order valence-corrected chi connectivity index (χ2v) is 16.0. The molecule has 0 aromatic heterocycles. The van der Waals surface area contributed by atoms with Gasteiger partial charge in [0.1, 0.15) is 0 Å². The molecule has 0 heterocycles. The van der Waals surface area contributed by atoms with E-state index in [4.69, 9.17) is 49.7 Å². The molecule has 2 nitrogen and oxygen atoms in total. The van der Waals surface area contributed by atoms with Gasteiger partial charge in [-0.2, -0.15) is 0 Å². The largest absolute Gasteiger partial charge is 2.00 e.